The molecule has 3 rings (SSSR count). The number of nitrogens with zero attached hydrogens (tertiary/aromatic N) is 2. The van der Waals surface area contributed by atoms with Gasteiger partial charge in [0.05, 0.1) is 16.3 Å². The lowest BCUT2D eigenvalue weighted by molar-refractivity contribution is -0.124. The third-order valence-electron chi connectivity index (χ3n) is 6.45. The summed E-state index contributed by atoms with van der Waals surface area (Å²) in [7, 11) is 1.55. The zero-order chi connectivity index (χ0) is 24.2. The van der Waals surface area contributed by atoms with Crippen LogP contribution in [0.2, 0.25) is 0 Å². The third kappa shape index (κ3) is 6.60. The van der Waals surface area contributed by atoms with Crippen molar-refractivity contribution in [3.05, 3.63) is 15.8 Å². The van der Waals surface area contributed by atoms with Gasteiger partial charge in [-0.15, -0.1) is 11.3 Å². The highest BCUT2D eigenvalue weighted by Gasteiger charge is 2.37. The topological polar surface area (TPSA) is 79.2 Å². The van der Waals surface area contributed by atoms with Crippen molar-refractivity contribution >= 4 is 34.6 Å². The summed E-state index contributed by atoms with van der Waals surface area (Å²) in [6, 6.07) is 1.76. The van der Waals surface area contributed by atoms with Gasteiger partial charge in [-0.05, 0) is 84.1 Å². The number of carbonyl (C=O) groups is 2. The van der Waals surface area contributed by atoms with Crippen LogP contribution >= 0.6 is 11.3 Å². The molecule has 0 bridgehead atoms. The third-order valence-corrected chi connectivity index (χ3v) is 7.48. The van der Waals surface area contributed by atoms with Gasteiger partial charge >= 0.3 is 5.97 Å². The molecule has 0 aromatic carbocycles. The zero-order valence-corrected chi connectivity index (χ0v) is 21.3. The summed E-state index contributed by atoms with van der Waals surface area (Å²) < 4.78 is 0. The zero-order valence-electron chi connectivity index (χ0n) is 20.4. The molecule has 1 N–H and O–H groups in total. The number of anilines is 1. The van der Waals surface area contributed by atoms with Crippen LogP contribution in [0.1, 0.15) is 93.6 Å². The van der Waals surface area contributed by atoms with Crippen molar-refractivity contribution in [1.82, 2.24) is 0 Å². The molecule has 1 aromatic heterocycles. The summed E-state index contributed by atoms with van der Waals surface area (Å²) in [4.78, 5) is 33.7. The molecular formula is C26H36N2O4S. The van der Waals surface area contributed by atoms with E-state index in [-0.39, 0.29) is 28.2 Å². The number of aromatic carboxylic acids is 1. The summed E-state index contributed by atoms with van der Waals surface area (Å²) in [5.74, 6) is 5.97. The molecule has 33 heavy (non-hydrogen) atoms. The second kappa shape index (κ2) is 10.7. The number of carboxylic acids is 1. The predicted octanol–water partition coefficient (Wildman–Crippen LogP) is 5.95. The van der Waals surface area contributed by atoms with Crippen LogP contribution in [0.5, 0.6) is 0 Å². The maximum Gasteiger partial charge on any atom is 0.348 e. The van der Waals surface area contributed by atoms with Crippen molar-refractivity contribution in [3.63, 3.8) is 0 Å². The number of hydrogen-bond acceptors (Lipinski definition) is 5. The summed E-state index contributed by atoms with van der Waals surface area (Å²) >= 11 is 1.16. The number of amides is 1. The van der Waals surface area contributed by atoms with Gasteiger partial charge in [-0.25, -0.2) is 4.79 Å². The lowest BCUT2D eigenvalue weighted by atomic mass is 9.81. The van der Waals surface area contributed by atoms with Crippen molar-refractivity contribution in [2.24, 2.45) is 22.4 Å². The van der Waals surface area contributed by atoms with E-state index in [0.29, 0.717) is 16.5 Å². The van der Waals surface area contributed by atoms with Crippen LogP contribution in [0.25, 0.3) is 0 Å². The standard InChI is InChI=1S/C26H36N2O4S/c1-17-6-8-18(9-7-17)24(29)28(20-12-10-19(11-13-20)27-32-5)22-16-21(14-15-26(2,3)4)33-23(22)25(30)31/h16-18,20H,6-13H2,1-5H3,(H,30,31). The summed E-state index contributed by atoms with van der Waals surface area (Å²) in [5.41, 5.74) is 1.31. The number of carbonyl (C=O) groups excluding carboxylic acids is 1. The fraction of sp³-hybridized carbons (Fsp3) is 0.654. The van der Waals surface area contributed by atoms with E-state index in [1.54, 1.807) is 7.11 Å². The van der Waals surface area contributed by atoms with Gasteiger partial charge in [0.2, 0.25) is 5.91 Å². The van der Waals surface area contributed by atoms with Gasteiger partial charge in [0.15, 0.2) is 0 Å². The number of oxime groups is 1. The minimum Gasteiger partial charge on any atom is -0.477 e. The quantitative estimate of drug-likeness (QED) is 0.424. The highest BCUT2D eigenvalue weighted by atomic mass is 32.1. The molecule has 6 nitrogen and oxygen atoms in total. The Balaban J connectivity index is 1.98. The molecule has 2 saturated carbocycles. The second-order valence-electron chi connectivity index (χ2n) is 10.4. The highest BCUT2D eigenvalue weighted by molar-refractivity contribution is 7.15. The van der Waals surface area contributed by atoms with Crippen molar-refractivity contribution < 1.29 is 19.5 Å². The SMILES string of the molecule is CON=C1CCC(N(C(=O)C2CCC(C)CC2)c2cc(C#CC(C)(C)C)sc2C(=O)O)CC1. The van der Waals surface area contributed by atoms with E-state index in [0.717, 1.165) is 68.4 Å². The van der Waals surface area contributed by atoms with E-state index >= 15 is 0 Å². The van der Waals surface area contributed by atoms with Gasteiger partial charge in [-0.2, -0.15) is 0 Å². The number of thiophene rings is 1. The molecular weight excluding hydrogens is 436 g/mol. The largest absolute Gasteiger partial charge is 0.477 e. The van der Waals surface area contributed by atoms with E-state index in [2.05, 4.69) is 23.9 Å². The molecule has 0 aliphatic heterocycles. The Hall–Kier alpha value is -2.33. The lowest BCUT2D eigenvalue weighted by Crippen LogP contribution is -2.46. The second-order valence-corrected chi connectivity index (χ2v) is 11.4. The summed E-state index contributed by atoms with van der Waals surface area (Å²) in [6.07, 6.45) is 6.78. The molecule has 0 atom stereocenters. The maximum atomic E-state index is 13.9. The number of hydrogen-bond donors (Lipinski definition) is 1. The fourth-order valence-corrected chi connectivity index (χ4v) is 5.48. The first-order valence-corrected chi connectivity index (χ1v) is 12.7. The van der Waals surface area contributed by atoms with Crippen LogP contribution in [0, 0.1) is 29.1 Å². The Kier molecular flexibility index (Phi) is 8.23. The smallest absolute Gasteiger partial charge is 0.348 e. The van der Waals surface area contributed by atoms with E-state index in [4.69, 9.17) is 4.84 Å². The molecule has 0 radical (unpaired) electrons. The summed E-state index contributed by atoms with van der Waals surface area (Å²) in [6.45, 7) is 8.30. The molecule has 7 heteroatoms. The van der Waals surface area contributed by atoms with Crippen LogP contribution in [-0.2, 0) is 9.63 Å². The van der Waals surface area contributed by atoms with Crippen LogP contribution < -0.4 is 4.90 Å². The van der Waals surface area contributed by atoms with E-state index in [9.17, 15) is 14.7 Å². The van der Waals surface area contributed by atoms with Gasteiger partial charge in [0.1, 0.15) is 12.0 Å². The van der Waals surface area contributed by atoms with Crippen LogP contribution in [0.15, 0.2) is 11.2 Å². The van der Waals surface area contributed by atoms with Gasteiger partial charge in [0.25, 0.3) is 0 Å². The van der Waals surface area contributed by atoms with Crippen LogP contribution in [0.3, 0.4) is 0 Å². The maximum absolute atomic E-state index is 13.9. The lowest BCUT2D eigenvalue weighted by Gasteiger charge is -2.38. The predicted molar refractivity (Wildman–Crippen MR) is 133 cm³/mol. The Bertz CT molecular complexity index is 945. The van der Waals surface area contributed by atoms with Crippen molar-refractivity contribution in [1.29, 1.82) is 0 Å². The normalized spacial score (nSPS) is 23.3. The average molecular weight is 473 g/mol. The van der Waals surface area contributed by atoms with Crippen molar-refractivity contribution in [2.45, 2.75) is 85.1 Å². The first kappa shape index (κ1) is 25.3. The Morgan fingerprint density at radius 3 is 2.33 bits per heavy atom. The number of rotatable bonds is 5. The fourth-order valence-electron chi connectivity index (χ4n) is 4.64. The molecule has 180 valence electrons. The van der Waals surface area contributed by atoms with Crippen LogP contribution in [-0.4, -0.2) is 35.8 Å². The monoisotopic (exact) mass is 472 g/mol. The van der Waals surface area contributed by atoms with Gasteiger partial charge < -0.3 is 14.8 Å². The first-order chi connectivity index (χ1) is 15.6. The molecule has 1 amide bonds. The van der Waals surface area contributed by atoms with Crippen molar-refractivity contribution in [3.8, 4) is 11.8 Å². The minimum absolute atomic E-state index is 0.0521. The van der Waals surface area contributed by atoms with Gasteiger partial charge in [-0.1, -0.05) is 23.9 Å². The molecule has 1 heterocycles. The molecule has 0 unspecified atom stereocenters. The minimum atomic E-state index is -1.01. The molecule has 0 saturated heterocycles. The summed E-state index contributed by atoms with van der Waals surface area (Å²) in [5, 5.41) is 14.1. The van der Waals surface area contributed by atoms with E-state index in [1.165, 1.54) is 0 Å². The Morgan fingerprint density at radius 2 is 1.79 bits per heavy atom. The highest BCUT2D eigenvalue weighted by Crippen LogP contribution is 2.38. The molecule has 0 spiro atoms. The number of carboxylic acid groups (broad SMARTS) is 1. The molecule has 2 fully saturated rings. The van der Waals surface area contributed by atoms with Gasteiger partial charge in [-0.3, -0.25) is 4.79 Å². The average Bonchev–Trinajstić information content (AvgIpc) is 3.18. The Labute approximate surface area is 201 Å². The first-order valence-electron chi connectivity index (χ1n) is 11.9. The Morgan fingerprint density at radius 1 is 1.15 bits per heavy atom. The van der Waals surface area contributed by atoms with E-state index in [1.807, 2.05) is 31.7 Å². The van der Waals surface area contributed by atoms with Crippen molar-refractivity contribution in [2.75, 3.05) is 12.0 Å². The molecule has 2 aliphatic rings. The molecule has 1 aromatic rings. The van der Waals surface area contributed by atoms with E-state index < -0.39 is 5.97 Å². The van der Waals surface area contributed by atoms with Gasteiger partial charge in [0, 0.05) is 17.4 Å². The molecule has 2 aliphatic carbocycles. The van der Waals surface area contributed by atoms with Crippen LogP contribution in [0.4, 0.5) is 5.69 Å².